The number of rotatable bonds is 9. The van der Waals surface area contributed by atoms with Crippen molar-refractivity contribution >= 4 is 8.32 Å². The normalized spacial score (nSPS) is 13.1. The van der Waals surface area contributed by atoms with Crippen molar-refractivity contribution in [2.75, 3.05) is 33.8 Å². The molecule has 0 aliphatic heterocycles. The van der Waals surface area contributed by atoms with Gasteiger partial charge in [-0.1, -0.05) is 27.7 Å². The smallest absolute Gasteiger partial charge is 0.192 e. The van der Waals surface area contributed by atoms with E-state index in [-0.39, 0.29) is 0 Å². The standard InChI is InChI=1S/C13H32NOSi/c1-7-11-14(5,6)12-13-15-16(8-2,9-3)10-4/h7-13H2,1-6H3/q+1. The molecule has 0 heterocycles. The Morgan fingerprint density at radius 3 is 1.75 bits per heavy atom. The summed E-state index contributed by atoms with van der Waals surface area (Å²) in [5.74, 6) is 0. The molecule has 0 amide bonds. The summed E-state index contributed by atoms with van der Waals surface area (Å²) >= 11 is 0. The van der Waals surface area contributed by atoms with Crippen LogP contribution in [0.1, 0.15) is 34.1 Å². The van der Waals surface area contributed by atoms with Crippen LogP contribution in [0.2, 0.25) is 18.1 Å². The van der Waals surface area contributed by atoms with E-state index >= 15 is 0 Å². The molecule has 0 saturated heterocycles. The van der Waals surface area contributed by atoms with Gasteiger partial charge in [0.1, 0.15) is 6.54 Å². The van der Waals surface area contributed by atoms with E-state index in [9.17, 15) is 0 Å². The predicted molar refractivity (Wildman–Crippen MR) is 75.3 cm³/mol. The van der Waals surface area contributed by atoms with Crippen LogP contribution in [0.3, 0.4) is 0 Å². The number of quaternary nitrogens is 1. The number of nitrogens with zero attached hydrogens (tertiary/aromatic N) is 1. The number of hydrogen-bond donors (Lipinski definition) is 0. The molecule has 0 aromatic heterocycles. The third kappa shape index (κ3) is 5.46. The molecule has 0 fully saturated rings. The van der Waals surface area contributed by atoms with Crippen molar-refractivity contribution in [2.24, 2.45) is 0 Å². The molecule has 0 spiro atoms. The van der Waals surface area contributed by atoms with E-state index in [1.165, 1.54) is 31.1 Å². The van der Waals surface area contributed by atoms with E-state index in [1.54, 1.807) is 0 Å². The molecule has 0 atom stereocenters. The zero-order valence-electron chi connectivity index (χ0n) is 12.3. The van der Waals surface area contributed by atoms with E-state index in [2.05, 4.69) is 41.8 Å². The van der Waals surface area contributed by atoms with Crippen molar-refractivity contribution < 1.29 is 8.91 Å². The molecule has 2 nitrogen and oxygen atoms in total. The third-order valence-electron chi connectivity index (χ3n) is 3.87. The molecule has 0 aromatic rings. The first-order valence-electron chi connectivity index (χ1n) is 6.91. The summed E-state index contributed by atoms with van der Waals surface area (Å²) in [6.45, 7) is 12.5. The third-order valence-corrected chi connectivity index (χ3v) is 8.55. The molecule has 0 saturated carbocycles. The molecule has 0 rings (SSSR count). The molecular formula is C13H32NOSi+. The lowest BCUT2D eigenvalue weighted by Crippen LogP contribution is -2.45. The van der Waals surface area contributed by atoms with Crippen LogP contribution in [0, 0.1) is 0 Å². The summed E-state index contributed by atoms with van der Waals surface area (Å²) < 4.78 is 7.38. The molecule has 0 aromatic carbocycles. The first-order chi connectivity index (χ1) is 7.45. The van der Waals surface area contributed by atoms with Gasteiger partial charge in [-0.05, 0) is 24.6 Å². The zero-order valence-corrected chi connectivity index (χ0v) is 13.3. The lowest BCUT2D eigenvalue weighted by atomic mass is 10.4. The van der Waals surface area contributed by atoms with E-state index in [1.807, 2.05) is 0 Å². The van der Waals surface area contributed by atoms with Gasteiger partial charge in [0.05, 0.1) is 27.2 Å². The second-order valence-electron chi connectivity index (χ2n) is 5.48. The summed E-state index contributed by atoms with van der Waals surface area (Å²) in [5.41, 5.74) is 0. The first kappa shape index (κ1) is 16.1. The molecule has 0 aliphatic rings. The molecule has 16 heavy (non-hydrogen) atoms. The maximum atomic E-state index is 6.28. The maximum absolute atomic E-state index is 6.28. The summed E-state index contributed by atoms with van der Waals surface area (Å²) in [6, 6.07) is 3.80. The summed E-state index contributed by atoms with van der Waals surface area (Å²) in [7, 11) is 3.26. The first-order valence-corrected chi connectivity index (χ1v) is 9.44. The lowest BCUT2D eigenvalue weighted by molar-refractivity contribution is -0.890. The van der Waals surface area contributed by atoms with Gasteiger partial charge >= 0.3 is 0 Å². The van der Waals surface area contributed by atoms with Gasteiger partial charge < -0.3 is 8.91 Å². The molecule has 0 N–H and O–H groups in total. The Kier molecular flexibility index (Phi) is 7.52. The van der Waals surface area contributed by atoms with Gasteiger partial charge in [0.2, 0.25) is 0 Å². The fourth-order valence-electron chi connectivity index (χ4n) is 2.28. The van der Waals surface area contributed by atoms with Gasteiger partial charge in [0.25, 0.3) is 0 Å². The van der Waals surface area contributed by atoms with Gasteiger partial charge in [-0.3, -0.25) is 0 Å². The van der Waals surface area contributed by atoms with E-state index in [0.717, 1.165) is 17.6 Å². The highest BCUT2D eigenvalue weighted by Gasteiger charge is 2.29. The zero-order chi connectivity index (χ0) is 12.7. The van der Waals surface area contributed by atoms with Crippen LogP contribution < -0.4 is 0 Å². The Morgan fingerprint density at radius 2 is 1.38 bits per heavy atom. The highest BCUT2D eigenvalue weighted by atomic mass is 28.4. The summed E-state index contributed by atoms with van der Waals surface area (Å²) in [6.07, 6.45) is 1.25. The van der Waals surface area contributed by atoms with Gasteiger partial charge in [0, 0.05) is 0 Å². The molecule has 0 radical (unpaired) electrons. The predicted octanol–water partition coefficient (Wildman–Crippen LogP) is 3.49. The van der Waals surface area contributed by atoms with Crippen LogP contribution >= 0.6 is 0 Å². The van der Waals surface area contributed by atoms with Crippen molar-refractivity contribution in [3.63, 3.8) is 0 Å². The van der Waals surface area contributed by atoms with Crippen LogP contribution in [0.15, 0.2) is 0 Å². The molecule has 0 aliphatic carbocycles. The Bertz CT molecular complexity index is 171. The molecule has 0 bridgehead atoms. The fraction of sp³-hybridized carbons (Fsp3) is 1.00. The van der Waals surface area contributed by atoms with E-state index in [4.69, 9.17) is 4.43 Å². The Balaban J connectivity index is 4.04. The maximum Gasteiger partial charge on any atom is 0.192 e. The van der Waals surface area contributed by atoms with Gasteiger partial charge in [0.15, 0.2) is 8.32 Å². The van der Waals surface area contributed by atoms with Crippen LogP contribution in [0.4, 0.5) is 0 Å². The lowest BCUT2D eigenvalue weighted by Gasteiger charge is -2.33. The Hall–Kier alpha value is 0.137. The van der Waals surface area contributed by atoms with Gasteiger partial charge in [-0.2, -0.15) is 0 Å². The Labute approximate surface area is 104 Å². The molecular weight excluding hydrogens is 214 g/mol. The Morgan fingerprint density at radius 1 is 0.875 bits per heavy atom. The van der Waals surface area contributed by atoms with Crippen LogP contribution in [0.25, 0.3) is 0 Å². The van der Waals surface area contributed by atoms with E-state index < -0.39 is 8.32 Å². The highest BCUT2D eigenvalue weighted by molar-refractivity contribution is 6.73. The topological polar surface area (TPSA) is 9.23 Å². The van der Waals surface area contributed by atoms with Gasteiger partial charge in [-0.25, -0.2) is 0 Å². The quantitative estimate of drug-likeness (QED) is 0.447. The molecule has 98 valence electrons. The highest BCUT2D eigenvalue weighted by Crippen LogP contribution is 2.21. The fourth-order valence-corrected chi connectivity index (χ4v) is 4.92. The summed E-state index contributed by atoms with van der Waals surface area (Å²) in [5, 5.41) is 0. The van der Waals surface area contributed by atoms with Crippen molar-refractivity contribution in [1.29, 1.82) is 0 Å². The monoisotopic (exact) mass is 246 g/mol. The summed E-state index contributed by atoms with van der Waals surface area (Å²) in [4.78, 5) is 0. The molecule has 0 unspecified atom stereocenters. The second-order valence-corrected chi connectivity index (χ2v) is 10.3. The van der Waals surface area contributed by atoms with Crippen molar-refractivity contribution in [2.45, 2.75) is 52.2 Å². The van der Waals surface area contributed by atoms with Crippen LogP contribution in [0.5, 0.6) is 0 Å². The van der Waals surface area contributed by atoms with Crippen LogP contribution in [-0.2, 0) is 4.43 Å². The average Bonchev–Trinajstić information content (AvgIpc) is 2.25. The minimum Gasteiger partial charge on any atom is -0.411 e. The van der Waals surface area contributed by atoms with Crippen molar-refractivity contribution in [3.05, 3.63) is 0 Å². The minimum atomic E-state index is -1.35. The second kappa shape index (κ2) is 7.46. The van der Waals surface area contributed by atoms with Crippen LogP contribution in [-0.4, -0.2) is 46.6 Å². The number of hydrogen-bond acceptors (Lipinski definition) is 1. The van der Waals surface area contributed by atoms with E-state index in [0.29, 0.717) is 0 Å². The minimum absolute atomic E-state index is 0.953. The van der Waals surface area contributed by atoms with Gasteiger partial charge in [-0.15, -0.1) is 0 Å². The molecule has 3 heteroatoms. The van der Waals surface area contributed by atoms with Crippen molar-refractivity contribution in [3.8, 4) is 0 Å². The SMILES string of the molecule is CCC[N+](C)(C)CCO[Si](CC)(CC)CC. The van der Waals surface area contributed by atoms with Crippen molar-refractivity contribution in [1.82, 2.24) is 0 Å². The average molecular weight is 246 g/mol. The number of likely N-dealkylation sites (N-methyl/N-ethyl adjacent to an activating group) is 1. The largest absolute Gasteiger partial charge is 0.411 e.